The second kappa shape index (κ2) is 3.44. The molecule has 2 aromatic carbocycles. The summed E-state index contributed by atoms with van der Waals surface area (Å²) in [6, 6.07) is 13.2. The van der Waals surface area contributed by atoms with E-state index in [9.17, 15) is 0 Å². The lowest BCUT2D eigenvalue weighted by atomic mass is 9.80. The fraction of sp³-hybridized carbons (Fsp3) is 0.250. The Bertz CT molecular complexity index is 612. The highest BCUT2D eigenvalue weighted by Crippen LogP contribution is 2.39. The predicted octanol–water partition coefficient (Wildman–Crippen LogP) is 3.60. The number of hydrogen-bond donors (Lipinski definition) is 0. The number of hydrogen-bond acceptors (Lipinski definition) is 1. The Balaban J connectivity index is 1.98. The van der Waals surface area contributed by atoms with Gasteiger partial charge >= 0.3 is 0 Å². The van der Waals surface area contributed by atoms with Gasteiger partial charge in [0.1, 0.15) is 0 Å². The van der Waals surface area contributed by atoms with Crippen molar-refractivity contribution in [2.24, 2.45) is 5.92 Å². The van der Waals surface area contributed by atoms with E-state index in [2.05, 4.69) is 48.6 Å². The molecule has 0 spiro atoms. The van der Waals surface area contributed by atoms with E-state index in [4.69, 9.17) is 4.74 Å². The van der Waals surface area contributed by atoms with E-state index in [0.29, 0.717) is 11.8 Å². The molecular formula is C16H14O. The molecule has 0 bridgehead atoms. The Hall–Kier alpha value is -1.60. The molecule has 4 rings (SSSR count). The summed E-state index contributed by atoms with van der Waals surface area (Å²) in [5.41, 5.74) is 2.84. The highest BCUT2D eigenvalue weighted by molar-refractivity contribution is 5.86. The summed E-state index contributed by atoms with van der Waals surface area (Å²) in [4.78, 5) is 0. The normalized spacial score (nSPS) is 25.9. The van der Waals surface area contributed by atoms with Gasteiger partial charge in [-0.2, -0.15) is 0 Å². The smallest absolute Gasteiger partial charge is 0.0541 e. The second-order valence-corrected chi connectivity index (χ2v) is 5.00. The van der Waals surface area contributed by atoms with Gasteiger partial charge in [0, 0.05) is 11.8 Å². The van der Waals surface area contributed by atoms with Crippen LogP contribution in [0.5, 0.6) is 0 Å². The summed E-state index contributed by atoms with van der Waals surface area (Å²) >= 11 is 0. The fourth-order valence-corrected chi connectivity index (χ4v) is 3.05. The van der Waals surface area contributed by atoms with E-state index < -0.39 is 0 Å². The van der Waals surface area contributed by atoms with Gasteiger partial charge in [0.2, 0.25) is 0 Å². The van der Waals surface area contributed by atoms with Gasteiger partial charge in [-0.05, 0) is 28.0 Å². The molecule has 0 radical (unpaired) electrons. The zero-order valence-corrected chi connectivity index (χ0v) is 9.60. The van der Waals surface area contributed by atoms with Crippen LogP contribution < -0.4 is 0 Å². The monoisotopic (exact) mass is 222 g/mol. The molecule has 1 nitrogen and oxygen atoms in total. The number of fused-ring (bicyclic) bond motifs is 4. The maximum absolute atomic E-state index is 5.61. The summed E-state index contributed by atoms with van der Waals surface area (Å²) in [6.07, 6.45) is 4.58. The van der Waals surface area contributed by atoms with Crippen molar-refractivity contribution in [1.29, 1.82) is 0 Å². The summed E-state index contributed by atoms with van der Waals surface area (Å²) in [7, 11) is 0. The number of benzene rings is 2. The van der Waals surface area contributed by atoms with Crippen LogP contribution in [0.25, 0.3) is 16.8 Å². The largest absolute Gasteiger partial charge is 0.380 e. The molecule has 1 saturated heterocycles. The van der Waals surface area contributed by atoms with Crippen molar-refractivity contribution in [1.82, 2.24) is 0 Å². The molecule has 1 fully saturated rings. The minimum atomic E-state index is 0.569. The Morgan fingerprint density at radius 2 is 1.82 bits per heavy atom. The van der Waals surface area contributed by atoms with Crippen LogP contribution >= 0.6 is 0 Å². The van der Waals surface area contributed by atoms with Crippen LogP contribution in [0.3, 0.4) is 0 Å². The van der Waals surface area contributed by atoms with Gasteiger partial charge in [0.05, 0.1) is 13.2 Å². The second-order valence-electron chi connectivity index (χ2n) is 5.00. The van der Waals surface area contributed by atoms with Crippen molar-refractivity contribution < 1.29 is 4.74 Å². The molecule has 0 saturated carbocycles. The summed E-state index contributed by atoms with van der Waals surface area (Å²) < 4.78 is 5.61. The molecule has 1 heteroatoms. The zero-order chi connectivity index (χ0) is 11.2. The van der Waals surface area contributed by atoms with E-state index in [-0.39, 0.29) is 0 Å². The Morgan fingerprint density at radius 3 is 2.71 bits per heavy atom. The maximum atomic E-state index is 5.61. The first kappa shape index (κ1) is 9.43. The maximum Gasteiger partial charge on any atom is 0.0541 e. The van der Waals surface area contributed by atoms with Crippen LogP contribution in [0, 0.1) is 5.92 Å². The molecule has 2 atom stereocenters. The predicted molar refractivity (Wildman–Crippen MR) is 70.0 cm³/mol. The summed E-state index contributed by atoms with van der Waals surface area (Å²) in [5, 5.41) is 2.67. The first-order chi connectivity index (χ1) is 8.42. The van der Waals surface area contributed by atoms with E-state index >= 15 is 0 Å². The van der Waals surface area contributed by atoms with Gasteiger partial charge in [0.25, 0.3) is 0 Å². The molecular weight excluding hydrogens is 208 g/mol. The first-order valence-corrected chi connectivity index (χ1v) is 6.20. The first-order valence-electron chi connectivity index (χ1n) is 6.20. The summed E-state index contributed by atoms with van der Waals surface area (Å²) in [5.74, 6) is 1.16. The molecule has 1 aliphatic carbocycles. The Morgan fingerprint density at radius 1 is 1.00 bits per heavy atom. The minimum Gasteiger partial charge on any atom is -0.380 e. The molecule has 2 unspecified atom stereocenters. The lowest BCUT2D eigenvalue weighted by Gasteiger charge is -2.22. The van der Waals surface area contributed by atoms with Crippen molar-refractivity contribution in [3.63, 3.8) is 0 Å². The highest BCUT2D eigenvalue weighted by atomic mass is 16.5. The average Bonchev–Trinajstić information content (AvgIpc) is 2.85. The average molecular weight is 222 g/mol. The van der Waals surface area contributed by atoms with Crippen LogP contribution in [0.4, 0.5) is 0 Å². The van der Waals surface area contributed by atoms with Gasteiger partial charge in [0.15, 0.2) is 0 Å². The van der Waals surface area contributed by atoms with Crippen molar-refractivity contribution in [2.45, 2.75) is 5.92 Å². The van der Waals surface area contributed by atoms with E-state index in [1.807, 2.05) is 0 Å². The van der Waals surface area contributed by atoms with Crippen molar-refractivity contribution in [3.05, 3.63) is 53.6 Å². The van der Waals surface area contributed by atoms with Gasteiger partial charge < -0.3 is 4.74 Å². The van der Waals surface area contributed by atoms with E-state index in [1.54, 1.807) is 0 Å². The summed E-state index contributed by atoms with van der Waals surface area (Å²) in [6.45, 7) is 1.76. The van der Waals surface area contributed by atoms with Gasteiger partial charge in [-0.3, -0.25) is 0 Å². The van der Waals surface area contributed by atoms with E-state index in [1.165, 1.54) is 21.9 Å². The van der Waals surface area contributed by atoms with E-state index in [0.717, 1.165) is 13.2 Å². The van der Waals surface area contributed by atoms with Crippen LogP contribution in [0.2, 0.25) is 0 Å². The Labute approximate surface area is 101 Å². The standard InChI is InChI=1S/C16H14O/c1-2-4-12-8-15-13(7-11(12)3-1)5-6-14-9-17-10-16(14)15/h1-8,14,16H,9-10H2. The molecule has 1 heterocycles. The zero-order valence-electron chi connectivity index (χ0n) is 9.60. The lowest BCUT2D eigenvalue weighted by Crippen LogP contribution is -2.12. The van der Waals surface area contributed by atoms with Gasteiger partial charge in [-0.15, -0.1) is 0 Å². The highest BCUT2D eigenvalue weighted by Gasteiger charge is 2.31. The molecule has 0 amide bonds. The molecule has 2 aromatic rings. The molecule has 0 aromatic heterocycles. The van der Waals surface area contributed by atoms with Crippen LogP contribution in [-0.4, -0.2) is 13.2 Å². The number of rotatable bonds is 0. The number of ether oxygens (including phenoxy) is 1. The van der Waals surface area contributed by atoms with Crippen molar-refractivity contribution in [3.8, 4) is 0 Å². The van der Waals surface area contributed by atoms with Gasteiger partial charge in [-0.1, -0.05) is 42.5 Å². The lowest BCUT2D eigenvalue weighted by molar-refractivity contribution is 0.189. The fourth-order valence-electron chi connectivity index (χ4n) is 3.05. The quantitative estimate of drug-likeness (QED) is 0.661. The van der Waals surface area contributed by atoms with Crippen molar-refractivity contribution >= 4 is 16.8 Å². The molecule has 1 aliphatic heterocycles. The van der Waals surface area contributed by atoms with Crippen LogP contribution in [0.1, 0.15) is 17.0 Å². The third-order valence-electron chi connectivity index (χ3n) is 4.00. The third kappa shape index (κ3) is 1.36. The van der Waals surface area contributed by atoms with Crippen LogP contribution in [-0.2, 0) is 4.74 Å². The topological polar surface area (TPSA) is 9.23 Å². The minimum absolute atomic E-state index is 0.569. The van der Waals surface area contributed by atoms with Crippen LogP contribution in [0.15, 0.2) is 42.5 Å². The SMILES string of the molecule is C1=CC2COCC2c2cc3ccccc3cc21. The molecule has 2 aliphatic rings. The van der Waals surface area contributed by atoms with Gasteiger partial charge in [-0.25, -0.2) is 0 Å². The third-order valence-corrected chi connectivity index (χ3v) is 4.00. The Kier molecular flexibility index (Phi) is 1.91. The molecule has 0 N–H and O–H groups in total. The molecule has 84 valence electrons. The molecule has 17 heavy (non-hydrogen) atoms. The van der Waals surface area contributed by atoms with Crippen molar-refractivity contribution in [2.75, 3.05) is 13.2 Å².